The Hall–Kier alpha value is -1.98. The first-order valence-corrected chi connectivity index (χ1v) is 7.42. The number of aromatic nitrogens is 2. The van der Waals surface area contributed by atoms with Gasteiger partial charge in [-0.15, -0.1) is 0 Å². The standard InChI is InChI=1S/C16H17F3N2O/c17-16(18,19)14-8-4-5-9-15(14)22-13-10-20-21(11-13)12-6-2-1-3-7-12/h4-5,8-12H,1-3,6-7H2. The fraction of sp³-hybridized carbons (Fsp3) is 0.438. The summed E-state index contributed by atoms with van der Waals surface area (Å²) in [6, 6.07) is 5.53. The molecule has 2 aromatic rings. The zero-order valence-electron chi connectivity index (χ0n) is 12.0. The van der Waals surface area contributed by atoms with Gasteiger partial charge in [0.05, 0.1) is 24.0 Å². The molecule has 1 aromatic carbocycles. The van der Waals surface area contributed by atoms with E-state index in [-0.39, 0.29) is 5.75 Å². The van der Waals surface area contributed by atoms with Crippen LogP contribution in [0.3, 0.4) is 0 Å². The normalized spacial score (nSPS) is 16.7. The molecule has 0 bridgehead atoms. The quantitative estimate of drug-likeness (QED) is 0.779. The Bertz CT molecular complexity index is 630. The van der Waals surface area contributed by atoms with E-state index < -0.39 is 11.7 Å². The highest BCUT2D eigenvalue weighted by Gasteiger charge is 2.34. The van der Waals surface area contributed by atoms with Gasteiger partial charge in [-0.05, 0) is 25.0 Å². The molecule has 0 aliphatic heterocycles. The number of hydrogen-bond donors (Lipinski definition) is 0. The Morgan fingerprint density at radius 1 is 1.09 bits per heavy atom. The monoisotopic (exact) mass is 310 g/mol. The van der Waals surface area contributed by atoms with Crippen LogP contribution in [-0.4, -0.2) is 9.78 Å². The molecule has 22 heavy (non-hydrogen) atoms. The van der Waals surface area contributed by atoms with E-state index in [1.54, 1.807) is 6.20 Å². The van der Waals surface area contributed by atoms with Gasteiger partial charge in [0.2, 0.25) is 0 Å². The number of alkyl halides is 3. The Morgan fingerprint density at radius 2 is 1.82 bits per heavy atom. The van der Waals surface area contributed by atoms with Crippen LogP contribution >= 0.6 is 0 Å². The summed E-state index contributed by atoms with van der Waals surface area (Å²) < 4.78 is 46.1. The number of rotatable bonds is 3. The zero-order chi connectivity index (χ0) is 15.6. The first-order valence-electron chi connectivity index (χ1n) is 7.42. The van der Waals surface area contributed by atoms with Crippen LogP contribution in [0.4, 0.5) is 13.2 Å². The van der Waals surface area contributed by atoms with Crippen molar-refractivity contribution in [2.45, 2.75) is 44.3 Å². The lowest BCUT2D eigenvalue weighted by atomic mass is 9.96. The molecule has 3 rings (SSSR count). The molecule has 6 heteroatoms. The van der Waals surface area contributed by atoms with E-state index in [1.165, 1.54) is 30.8 Å². The molecule has 0 saturated heterocycles. The molecule has 0 unspecified atom stereocenters. The molecule has 0 atom stereocenters. The summed E-state index contributed by atoms with van der Waals surface area (Å²) in [5.74, 6) is 0.139. The van der Waals surface area contributed by atoms with E-state index in [1.807, 2.05) is 4.68 Å². The first-order chi connectivity index (χ1) is 10.5. The fourth-order valence-electron chi connectivity index (χ4n) is 2.84. The highest BCUT2D eigenvalue weighted by Crippen LogP contribution is 2.38. The van der Waals surface area contributed by atoms with E-state index in [0.29, 0.717) is 11.8 Å². The minimum absolute atomic E-state index is 0.196. The van der Waals surface area contributed by atoms with Crippen molar-refractivity contribution in [1.29, 1.82) is 0 Å². The van der Waals surface area contributed by atoms with Gasteiger partial charge in [0.1, 0.15) is 5.75 Å². The maximum absolute atomic E-state index is 12.9. The van der Waals surface area contributed by atoms with Gasteiger partial charge in [0.25, 0.3) is 0 Å². The molecule has 1 saturated carbocycles. The molecule has 0 radical (unpaired) electrons. The summed E-state index contributed by atoms with van der Waals surface area (Å²) in [5.41, 5.74) is -0.777. The van der Waals surface area contributed by atoms with Crippen molar-refractivity contribution in [2.75, 3.05) is 0 Å². The molecule has 1 aromatic heterocycles. The molecule has 3 nitrogen and oxygen atoms in total. The van der Waals surface area contributed by atoms with E-state index in [2.05, 4.69) is 5.10 Å². The summed E-state index contributed by atoms with van der Waals surface area (Å²) in [7, 11) is 0. The van der Waals surface area contributed by atoms with Crippen molar-refractivity contribution in [2.24, 2.45) is 0 Å². The predicted octanol–water partition coefficient (Wildman–Crippen LogP) is 5.20. The van der Waals surface area contributed by atoms with Gasteiger partial charge in [-0.2, -0.15) is 18.3 Å². The van der Waals surface area contributed by atoms with Gasteiger partial charge in [0, 0.05) is 0 Å². The number of benzene rings is 1. The van der Waals surface area contributed by atoms with E-state index in [9.17, 15) is 13.2 Å². The van der Waals surface area contributed by atoms with Crippen molar-refractivity contribution in [3.05, 3.63) is 42.2 Å². The molecule has 0 spiro atoms. The fourth-order valence-corrected chi connectivity index (χ4v) is 2.84. The highest BCUT2D eigenvalue weighted by molar-refractivity contribution is 5.38. The Kier molecular flexibility index (Phi) is 4.09. The SMILES string of the molecule is FC(F)(F)c1ccccc1Oc1cnn(C2CCCCC2)c1. The topological polar surface area (TPSA) is 27.1 Å². The third-order valence-corrected chi connectivity index (χ3v) is 3.95. The second-order valence-corrected chi connectivity index (χ2v) is 5.54. The molecule has 1 aliphatic carbocycles. The van der Waals surface area contributed by atoms with Crippen LogP contribution in [0.2, 0.25) is 0 Å². The van der Waals surface area contributed by atoms with Crippen LogP contribution in [-0.2, 0) is 6.18 Å². The third kappa shape index (κ3) is 3.26. The minimum Gasteiger partial charge on any atom is -0.453 e. The Balaban J connectivity index is 1.78. The Morgan fingerprint density at radius 3 is 2.55 bits per heavy atom. The third-order valence-electron chi connectivity index (χ3n) is 3.95. The molecule has 1 fully saturated rings. The molecule has 118 valence electrons. The van der Waals surface area contributed by atoms with Crippen LogP contribution in [0.1, 0.15) is 43.7 Å². The first kappa shape index (κ1) is 14.9. The van der Waals surface area contributed by atoms with Crippen LogP contribution in [0.15, 0.2) is 36.7 Å². The summed E-state index contributed by atoms with van der Waals surface area (Å²) in [5, 5.41) is 4.24. The second kappa shape index (κ2) is 6.02. The lowest BCUT2D eigenvalue weighted by Crippen LogP contribution is -2.12. The largest absolute Gasteiger partial charge is 0.453 e. The number of nitrogens with zero attached hydrogens (tertiary/aromatic N) is 2. The smallest absolute Gasteiger partial charge is 0.419 e. The van der Waals surface area contributed by atoms with E-state index in [0.717, 1.165) is 31.7 Å². The van der Waals surface area contributed by atoms with Gasteiger partial charge >= 0.3 is 6.18 Å². The lowest BCUT2D eigenvalue weighted by molar-refractivity contribution is -0.138. The number of halogens is 3. The van der Waals surface area contributed by atoms with Crippen molar-refractivity contribution in [3.8, 4) is 11.5 Å². The van der Waals surface area contributed by atoms with Crippen LogP contribution < -0.4 is 4.74 Å². The van der Waals surface area contributed by atoms with Gasteiger partial charge in [0.15, 0.2) is 5.75 Å². The summed E-state index contributed by atoms with van der Waals surface area (Å²) in [6.07, 6.45) is 4.40. The summed E-state index contributed by atoms with van der Waals surface area (Å²) in [6.45, 7) is 0. The molecule has 0 N–H and O–H groups in total. The summed E-state index contributed by atoms with van der Waals surface area (Å²) in [4.78, 5) is 0. The molecule has 0 amide bonds. The minimum atomic E-state index is -4.43. The van der Waals surface area contributed by atoms with Crippen molar-refractivity contribution in [1.82, 2.24) is 9.78 Å². The van der Waals surface area contributed by atoms with Crippen LogP contribution in [0.25, 0.3) is 0 Å². The predicted molar refractivity (Wildman–Crippen MR) is 75.9 cm³/mol. The van der Waals surface area contributed by atoms with Gasteiger partial charge < -0.3 is 4.74 Å². The van der Waals surface area contributed by atoms with Gasteiger partial charge in [-0.25, -0.2) is 0 Å². The van der Waals surface area contributed by atoms with E-state index >= 15 is 0 Å². The van der Waals surface area contributed by atoms with Gasteiger partial charge in [-0.1, -0.05) is 31.4 Å². The molecular weight excluding hydrogens is 293 g/mol. The number of para-hydroxylation sites is 1. The maximum Gasteiger partial charge on any atom is 0.419 e. The lowest BCUT2D eigenvalue weighted by Gasteiger charge is -2.21. The molecule has 1 heterocycles. The average Bonchev–Trinajstić information content (AvgIpc) is 2.96. The van der Waals surface area contributed by atoms with E-state index in [4.69, 9.17) is 4.74 Å². The highest BCUT2D eigenvalue weighted by atomic mass is 19.4. The molecule has 1 aliphatic rings. The van der Waals surface area contributed by atoms with Crippen molar-refractivity contribution in [3.63, 3.8) is 0 Å². The second-order valence-electron chi connectivity index (χ2n) is 5.54. The summed E-state index contributed by atoms with van der Waals surface area (Å²) >= 11 is 0. The maximum atomic E-state index is 12.9. The molecular formula is C16H17F3N2O. The van der Waals surface area contributed by atoms with Crippen LogP contribution in [0.5, 0.6) is 11.5 Å². The van der Waals surface area contributed by atoms with Gasteiger partial charge in [-0.3, -0.25) is 4.68 Å². The number of ether oxygens (including phenoxy) is 1. The average molecular weight is 310 g/mol. The van der Waals surface area contributed by atoms with Crippen LogP contribution in [0, 0.1) is 0 Å². The number of hydrogen-bond acceptors (Lipinski definition) is 2. The van der Waals surface area contributed by atoms with Crippen molar-refractivity contribution < 1.29 is 17.9 Å². The van der Waals surface area contributed by atoms with Crippen molar-refractivity contribution >= 4 is 0 Å². The Labute approximate surface area is 126 Å². The zero-order valence-corrected chi connectivity index (χ0v) is 12.0.